The molecular formula is C20H32N2. The van der Waals surface area contributed by atoms with Crippen molar-refractivity contribution in [3.8, 4) is 0 Å². The lowest BCUT2D eigenvalue weighted by molar-refractivity contribution is 0.334. The van der Waals surface area contributed by atoms with Crippen molar-refractivity contribution in [2.45, 2.75) is 52.4 Å². The molecular weight excluding hydrogens is 268 g/mol. The summed E-state index contributed by atoms with van der Waals surface area (Å²) in [6.45, 7) is 6.87. The first kappa shape index (κ1) is 17.2. The number of pyridine rings is 1. The Morgan fingerprint density at radius 1 is 1.27 bits per heavy atom. The number of hydrogen-bond acceptors (Lipinski definition) is 2. The molecule has 1 aliphatic carbocycles. The summed E-state index contributed by atoms with van der Waals surface area (Å²) < 4.78 is 0. The Kier molecular flexibility index (Phi) is 7.11. The molecule has 2 heteroatoms. The van der Waals surface area contributed by atoms with Gasteiger partial charge in [-0.1, -0.05) is 45.3 Å². The molecule has 122 valence electrons. The third kappa shape index (κ3) is 5.24. The summed E-state index contributed by atoms with van der Waals surface area (Å²) in [6, 6.07) is 6.30. The molecule has 0 bridgehead atoms. The van der Waals surface area contributed by atoms with Gasteiger partial charge in [-0.25, -0.2) is 0 Å². The molecule has 22 heavy (non-hydrogen) atoms. The molecule has 1 aliphatic rings. The van der Waals surface area contributed by atoms with Crippen molar-refractivity contribution in [2.24, 2.45) is 11.8 Å². The summed E-state index contributed by atoms with van der Waals surface area (Å²) in [5, 5.41) is 0. The van der Waals surface area contributed by atoms with Crippen LogP contribution in [0.5, 0.6) is 0 Å². The fourth-order valence-corrected chi connectivity index (χ4v) is 3.36. The van der Waals surface area contributed by atoms with Gasteiger partial charge in [0.05, 0.1) is 5.69 Å². The molecule has 0 aliphatic heterocycles. The second-order valence-corrected chi connectivity index (χ2v) is 6.95. The van der Waals surface area contributed by atoms with Crippen LogP contribution < -0.4 is 0 Å². The molecule has 0 spiro atoms. The molecule has 1 aromatic heterocycles. The normalized spacial score (nSPS) is 23.0. The van der Waals surface area contributed by atoms with Gasteiger partial charge in [-0.2, -0.15) is 0 Å². The standard InChI is InChI=1S/C20H32N2/c1-4-5-15-22(3)16-13-19(20-8-6-7-14-21-20)18-11-9-17(2)10-12-18/h6-8,13-14,17-18H,4-5,9-12,15-16H2,1-3H3/b19-13+. The Bertz CT molecular complexity index is 444. The predicted molar refractivity (Wildman–Crippen MR) is 95.7 cm³/mol. The van der Waals surface area contributed by atoms with E-state index < -0.39 is 0 Å². The number of nitrogens with zero attached hydrogens (tertiary/aromatic N) is 2. The van der Waals surface area contributed by atoms with E-state index in [4.69, 9.17) is 0 Å². The molecule has 1 aromatic rings. The minimum absolute atomic E-state index is 0.700. The third-order valence-corrected chi connectivity index (χ3v) is 4.93. The molecule has 0 unspecified atom stereocenters. The Morgan fingerprint density at radius 3 is 2.68 bits per heavy atom. The molecule has 1 fully saturated rings. The molecule has 0 aromatic carbocycles. The first-order valence-electron chi connectivity index (χ1n) is 9.00. The van der Waals surface area contributed by atoms with Crippen molar-refractivity contribution in [3.05, 3.63) is 36.2 Å². The number of allylic oxidation sites excluding steroid dienone is 1. The minimum atomic E-state index is 0.700. The fraction of sp³-hybridized carbons (Fsp3) is 0.650. The van der Waals surface area contributed by atoms with Crippen LogP contribution in [-0.2, 0) is 0 Å². The zero-order valence-corrected chi connectivity index (χ0v) is 14.6. The van der Waals surface area contributed by atoms with Gasteiger partial charge in [0.1, 0.15) is 0 Å². The molecule has 1 heterocycles. The summed E-state index contributed by atoms with van der Waals surface area (Å²) in [5.74, 6) is 1.60. The highest BCUT2D eigenvalue weighted by molar-refractivity contribution is 5.64. The number of likely N-dealkylation sites (N-methyl/N-ethyl adjacent to an activating group) is 1. The highest BCUT2D eigenvalue weighted by Gasteiger charge is 2.22. The van der Waals surface area contributed by atoms with E-state index in [1.165, 1.54) is 56.3 Å². The summed E-state index contributed by atoms with van der Waals surface area (Å²) in [5.41, 5.74) is 2.67. The topological polar surface area (TPSA) is 16.1 Å². The monoisotopic (exact) mass is 300 g/mol. The van der Waals surface area contributed by atoms with Crippen LogP contribution in [0.15, 0.2) is 30.5 Å². The highest BCUT2D eigenvalue weighted by atomic mass is 15.1. The SMILES string of the molecule is CCCCN(C)C/C=C(/c1ccccn1)C1CCC(C)CC1. The minimum Gasteiger partial charge on any atom is -0.303 e. The Labute approximate surface area is 136 Å². The van der Waals surface area contributed by atoms with Crippen molar-refractivity contribution in [2.75, 3.05) is 20.1 Å². The highest BCUT2D eigenvalue weighted by Crippen LogP contribution is 2.36. The van der Waals surface area contributed by atoms with Crippen LogP contribution in [0.25, 0.3) is 5.57 Å². The van der Waals surface area contributed by atoms with Gasteiger partial charge in [0.2, 0.25) is 0 Å². The Morgan fingerprint density at radius 2 is 2.05 bits per heavy atom. The van der Waals surface area contributed by atoms with E-state index in [9.17, 15) is 0 Å². The number of hydrogen-bond donors (Lipinski definition) is 0. The van der Waals surface area contributed by atoms with Crippen LogP contribution >= 0.6 is 0 Å². The van der Waals surface area contributed by atoms with Crippen LogP contribution in [0, 0.1) is 11.8 Å². The van der Waals surface area contributed by atoms with Gasteiger partial charge in [0.25, 0.3) is 0 Å². The number of rotatable bonds is 7. The Hall–Kier alpha value is -1.15. The lowest BCUT2D eigenvalue weighted by atomic mass is 9.78. The molecule has 0 atom stereocenters. The second-order valence-electron chi connectivity index (χ2n) is 6.95. The summed E-state index contributed by atoms with van der Waals surface area (Å²) in [4.78, 5) is 7.06. The maximum Gasteiger partial charge on any atom is 0.0661 e. The lowest BCUT2D eigenvalue weighted by Crippen LogP contribution is -2.21. The molecule has 2 nitrogen and oxygen atoms in total. The summed E-state index contributed by atoms with van der Waals surface area (Å²) >= 11 is 0. The number of aromatic nitrogens is 1. The average Bonchev–Trinajstić information content (AvgIpc) is 2.55. The average molecular weight is 300 g/mol. The zero-order valence-electron chi connectivity index (χ0n) is 14.6. The van der Waals surface area contributed by atoms with Crippen LogP contribution in [0.4, 0.5) is 0 Å². The van der Waals surface area contributed by atoms with Crippen LogP contribution in [-0.4, -0.2) is 30.0 Å². The van der Waals surface area contributed by atoms with Gasteiger partial charge in [-0.15, -0.1) is 0 Å². The Balaban J connectivity index is 2.08. The van der Waals surface area contributed by atoms with Gasteiger partial charge >= 0.3 is 0 Å². The van der Waals surface area contributed by atoms with E-state index in [2.05, 4.69) is 49.0 Å². The fourth-order valence-electron chi connectivity index (χ4n) is 3.36. The molecule has 0 saturated heterocycles. The van der Waals surface area contributed by atoms with Gasteiger partial charge in [0.15, 0.2) is 0 Å². The smallest absolute Gasteiger partial charge is 0.0661 e. The van der Waals surface area contributed by atoms with Crippen molar-refractivity contribution < 1.29 is 0 Å². The van der Waals surface area contributed by atoms with E-state index >= 15 is 0 Å². The van der Waals surface area contributed by atoms with E-state index in [-0.39, 0.29) is 0 Å². The molecule has 0 radical (unpaired) electrons. The van der Waals surface area contributed by atoms with Crippen molar-refractivity contribution >= 4 is 5.57 Å². The van der Waals surface area contributed by atoms with Crippen LogP contribution in [0.1, 0.15) is 58.1 Å². The van der Waals surface area contributed by atoms with Gasteiger partial charge in [-0.3, -0.25) is 4.98 Å². The summed E-state index contributed by atoms with van der Waals surface area (Å²) in [7, 11) is 2.23. The van der Waals surface area contributed by atoms with E-state index in [0.29, 0.717) is 5.92 Å². The second kappa shape index (κ2) is 9.09. The van der Waals surface area contributed by atoms with Gasteiger partial charge in [0, 0.05) is 12.7 Å². The molecule has 0 amide bonds. The predicted octanol–water partition coefficient (Wildman–Crippen LogP) is 5.02. The van der Waals surface area contributed by atoms with Crippen LogP contribution in [0.3, 0.4) is 0 Å². The molecule has 2 rings (SSSR count). The van der Waals surface area contributed by atoms with Crippen molar-refractivity contribution in [3.63, 3.8) is 0 Å². The first-order valence-corrected chi connectivity index (χ1v) is 9.00. The van der Waals surface area contributed by atoms with Gasteiger partial charge in [-0.05, 0) is 62.4 Å². The van der Waals surface area contributed by atoms with E-state index in [0.717, 1.165) is 12.5 Å². The first-order chi connectivity index (χ1) is 10.7. The van der Waals surface area contributed by atoms with E-state index in [1.54, 1.807) is 0 Å². The molecule has 0 N–H and O–H groups in total. The quantitative estimate of drug-likeness (QED) is 0.702. The number of unbranched alkanes of at least 4 members (excludes halogenated alkanes) is 1. The van der Waals surface area contributed by atoms with Crippen molar-refractivity contribution in [1.82, 2.24) is 9.88 Å². The zero-order chi connectivity index (χ0) is 15.8. The third-order valence-electron chi connectivity index (χ3n) is 4.93. The van der Waals surface area contributed by atoms with Gasteiger partial charge < -0.3 is 4.90 Å². The van der Waals surface area contributed by atoms with Crippen LogP contribution in [0.2, 0.25) is 0 Å². The molecule has 1 saturated carbocycles. The maximum atomic E-state index is 4.63. The lowest BCUT2D eigenvalue weighted by Gasteiger charge is -2.28. The maximum absolute atomic E-state index is 4.63. The summed E-state index contributed by atoms with van der Waals surface area (Å²) in [6.07, 6.45) is 12.3. The van der Waals surface area contributed by atoms with E-state index in [1.807, 2.05) is 12.3 Å². The van der Waals surface area contributed by atoms with Crippen molar-refractivity contribution in [1.29, 1.82) is 0 Å². The largest absolute Gasteiger partial charge is 0.303 e.